The van der Waals surface area contributed by atoms with Crippen LogP contribution < -0.4 is 5.73 Å². The minimum atomic E-state index is -0.385. The van der Waals surface area contributed by atoms with Crippen LogP contribution in [0, 0.1) is 5.92 Å². The molecule has 2 aliphatic rings. The molecule has 1 heterocycles. The van der Waals surface area contributed by atoms with Crippen molar-refractivity contribution >= 4 is 24.3 Å². The summed E-state index contributed by atoms with van der Waals surface area (Å²) < 4.78 is 4.82. The van der Waals surface area contributed by atoms with Gasteiger partial charge in [-0.15, -0.1) is 12.4 Å². The van der Waals surface area contributed by atoms with Crippen molar-refractivity contribution in [3.63, 3.8) is 0 Å². The van der Waals surface area contributed by atoms with Crippen molar-refractivity contribution in [2.45, 2.75) is 57.0 Å². The zero-order valence-corrected chi connectivity index (χ0v) is 12.9. The second-order valence-corrected chi connectivity index (χ2v) is 5.69. The Kier molecular flexibility index (Phi) is 6.76. The number of likely N-dealkylation sites (tertiary alicyclic amines) is 1. The van der Waals surface area contributed by atoms with Gasteiger partial charge in [-0.05, 0) is 38.5 Å². The van der Waals surface area contributed by atoms with E-state index in [0.717, 1.165) is 44.9 Å². The van der Waals surface area contributed by atoms with Crippen LogP contribution in [0.5, 0.6) is 0 Å². The number of rotatable bonds is 2. The van der Waals surface area contributed by atoms with Crippen LogP contribution in [0.25, 0.3) is 0 Å². The fourth-order valence-electron chi connectivity index (χ4n) is 3.26. The van der Waals surface area contributed by atoms with Gasteiger partial charge in [0.1, 0.15) is 6.04 Å². The molecule has 1 aliphatic carbocycles. The van der Waals surface area contributed by atoms with E-state index in [4.69, 9.17) is 10.5 Å². The normalized spacial score (nSPS) is 30.3. The lowest BCUT2D eigenvalue weighted by Crippen LogP contribution is -2.51. The molecule has 1 saturated carbocycles. The van der Waals surface area contributed by atoms with Gasteiger partial charge in [-0.1, -0.05) is 6.42 Å². The van der Waals surface area contributed by atoms with Crippen LogP contribution in [-0.2, 0) is 14.3 Å². The van der Waals surface area contributed by atoms with Gasteiger partial charge in [0, 0.05) is 18.5 Å². The summed E-state index contributed by atoms with van der Waals surface area (Å²) in [7, 11) is 1.39. The lowest BCUT2D eigenvalue weighted by atomic mass is 9.84. The standard InChI is InChI=1S/C14H24N2O3.ClH/c1-19-14(18)12-7-2-3-8-16(12)13(17)10-5-4-6-11(15)9-10;/h10-12H,2-9,15H2,1H3;1H. The third-order valence-corrected chi connectivity index (χ3v) is 4.32. The monoisotopic (exact) mass is 304 g/mol. The Morgan fingerprint density at radius 3 is 2.55 bits per heavy atom. The number of ether oxygens (including phenoxy) is 1. The van der Waals surface area contributed by atoms with Crippen molar-refractivity contribution in [3.8, 4) is 0 Å². The number of piperidine rings is 1. The largest absolute Gasteiger partial charge is 0.467 e. The smallest absolute Gasteiger partial charge is 0.328 e. The van der Waals surface area contributed by atoms with E-state index in [1.54, 1.807) is 4.90 Å². The maximum Gasteiger partial charge on any atom is 0.328 e. The summed E-state index contributed by atoms with van der Waals surface area (Å²) in [6.45, 7) is 0.671. The summed E-state index contributed by atoms with van der Waals surface area (Å²) in [6.07, 6.45) is 6.33. The summed E-state index contributed by atoms with van der Waals surface area (Å²) in [4.78, 5) is 26.1. The Labute approximate surface area is 126 Å². The molecule has 0 radical (unpaired) electrons. The topological polar surface area (TPSA) is 72.6 Å². The second-order valence-electron chi connectivity index (χ2n) is 5.69. The molecule has 6 heteroatoms. The fraction of sp³-hybridized carbons (Fsp3) is 0.857. The van der Waals surface area contributed by atoms with E-state index in [-0.39, 0.29) is 42.3 Å². The Balaban J connectivity index is 0.00000200. The third kappa shape index (κ3) is 3.85. The molecule has 20 heavy (non-hydrogen) atoms. The van der Waals surface area contributed by atoms with Gasteiger partial charge in [0.25, 0.3) is 0 Å². The molecule has 1 amide bonds. The number of hydrogen-bond donors (Lipinski definition) is 1. The van der Waals surface area contributed by atoms with Crippen LogP contribution in [0.2, 0.25) is 0 Å². The zero-order chi connectivity index (χ0) is 13.8. The molecule has 2 rings (SSSR count). The third-order valence-electron chi connectivity index (χ3n) is 4.32. The Hall–Kier alpha value is -0.810. The number of nitrogens with zero attached hydrogens (tertiary/aromatic N) is 1. The van der Waals surface area contributed by atoms with Crippen molar-refractivity contribution in [1.82, 2.24) is 4.90 Å². The number of hydrogen-bond acceptors (Lipinski definition) is 4. The predicted molar refractivity (Wildman–Crippen MR) is 78.5 cm³/mol. The lowest BCUT2D eigenvalue weighted by Gasteiger charge is -2.37. The Morgan fingerprint density at radius 2 is 1.90 bits per heavy atom. The van der Waals surface area contributed by atoms with E-state index in [9.17, 15) is 9.59 Å². The average molecular weight is 305 g/mol. The first-order valence-electron chi connectivity index (χ1n) is 7.27. The average Bonchev–Trinajstić information content (AvgIpc) is 2.45. The number of methoxy groups -OCH3 is 1. The van der Waals surface area contributed by atoms with Gasteiger partial charge in [-0.2, -0.15) is 0 Å². The van der Waals surface area contributed by atoms with Crippen molar-refractivity contribution in [2.75, 3.05) is 13.7 Å². The molecule has 1 saturated heterocycles. The zero-order valence-electron chi connectivity index (χ0n) is 12.0. The first-order valence-corrected chi connectivity index (χ1v) is 7.27. The van der Waals surface area contributed by atoms with Crippen molar-refractivity contribution < 1.29 is 14.3 Å². The maximum absolute atomic E-state index is 12.6. The number of halogens is 1. The SMILES string of the molecule is COC(=O)C1CCCCN1C(=O)C1CCCC(N)C1.Cl. The molecule has 3 unspecified atom stereocenters. The first kappa shape index (κ1) is 17.2. The molecule has 0 aromatic rings. The van der Waals surface area contributed by atoms with Gasteiger partial charge in [-0.25, -0.2) is 4.79 Å². The van der Waals surface area contributed by atoms with Crippen molar-refractivity contribution in [3.05, 3.63) is 0 Å². The minimum Gasteiger partial charge on any atom is -0.467 e. The maximum atomic E-state index is 12.6. The predicted octanol–water partition coefficient (Wildman–Crippen LogP) is 1.48. The van der Waals surface area contributed by atoms with Crippen LogP contribution in [0.15, 0.2) is 0 Å². The van der Waals surface area contributed by atoms with Gasteiger partial charge in [-0.3, -0.25) is 4.79 Å². The molecular weight excluding hydrogens is 280 g/mol. The molecule has 116 valence electrons. The van der Waals surface area contributed by atoms with E-state index >= 15 is 0 Å². The summed E-state index contributed by atoms with van der Waals surface area (Å²) in [6, 6.07) is -0.256. The molecule has 0 aromatic heterocycles. The number of nitrogens with two attached hydrogens (primary N) is 1. The molecular formula is C14H25ClN2O3. The van der Waals surface area contributed by atoms with E-state index in [2.05, 4.69) is 0 Å². The molecule has 0 spiro atoms. The fourth-order valence-corrected chi connectivity index (χ4v) is 3.26. The summed E-state index contributed by atoms with van der Waals surface area (Å²) >= 11 is 0. The molecule has 2 N–H and O–H groups in total. The molecule has 3 atom stereocenters. The van der Waals surface area contributed by atoms with E-state index in [1.165, 1.54) is 7.11 Å². The van der Waals surface area contributed by atoms with Gasteiger partial charge in [0.2, 0.25) is 5.91 Å². The number of esters is 1. The van der Waals surface area contributed by atoms with Crippen LogP contribution in [0.1, 0.15) is 44.9 Å². The highest BCUT2D eigenvalue weighted by Gasteiger charge is 2.37. The molecule has 0 aromatic carbocycles. The highest BCUT2D eigenvalue weighted by Crippen LogP contribution is 2.28. The number of carbonyl (C=O) groups is 2. The molecule has 2 fully saturated rings. The number of carbonyl (C=O) groups excluding carboxylic acids is 2. The Bertz CT molecular complexity index is 351. The highest BCUT2D eigenvalue weighted by atomic mass is 35.5. The quantitative estimate of drug-likeness (QED) is 0.784. The van der Waals surface area contributed by atoms with Crippen LogP contribution in [0.3, 0.4) is 0 Å². The van der Waals surface area contributed by atoms with Crippen molar-refractivity contribution in [1.29, 1.82) is 0 Å². The van der Waals surface area contributed by atoms with E-state index in [1.807, 2.05) is 0 Å². The highest BCUT2D eigenvalue weighted by molar-refractivity contribution is 5.86. The van der Waals surface area contributed by atoms with Gasteiger partial charge in [0.05, 0.1) is 7.11 Å². The summed E-state index contributed by atoms with van der Waals surface area (Å²) in [5, 5.41) is 0. The van der Waals surface area contributed by atoms with E-state index in [0.29, 0.717) is 6.54 Å². The van der Waals surface area contributed by atoms with Gasteiger partial charge < -0.3 is 15.4 Å². The first-order chi connectivity index (χ1) is 9.13. The molecule has 1 aliphatic heterocycles. The Morgan fingerprint density at radius 1 is 1.15 bits per heavy atom. The molecule has 0 bridgehead atoms. The van der Waals surface area contributed by atoms with E-state index < -0.39 is 0 Å². The minimum absolute atomic E-state index is 0. The van der Waals surface area contributed by atoms with Crippen LogP contribution in [0.4, 0.5) is 0 Å². The van der Waals surface area contributed by atoms with Crippen LogP contribution in [-0.4, -0.2) is 42.5 Å². The summed E-state index contributed by atoms with van der Waals surface area (Å²) in [5.41, 5.74) is 5.95. The summed E-state index contributed by atoms with van der Waals surface area (Å²) in [5.74, 6) is -0.188. The molecule has 5 nitrogen and oxygen atoms in total. The lowest BCUT2D eigenvalue weighted by molar-refractivity contribution is -0.156. The van der Waals surface area contributed by atoms with Crippen molar-refractivity contribution in [2.24, 2.45) is 11.7 Å². The van der Waals surface area contributed by atoms with Gasteiger partial charge >= 0.3 is 5.97 Å². The van der Waals surface area contributed by atoms with Gasteiger partial charge in [0.15, 0.2) is 0 Å². The van der Waals surface area contributed by atoms with Crippen LogP contribution >= 0.6 is 12.4 Å². The number of amides is 1. The second kappa shape index (κ2) is 7.84.